The molecule has 1 aromatic rings. The van der Waals surface area contributed by atoms with Crippen LogP contribution in [0, 0.1) is 0 Å². The maximum Gasteiger partial charge on any atom is 0.161 e. The summed E-state index contributed by atoms with van der Waals surface area (Å²) in [5.74, 6) is 1.64. The van der Waals surface area contributed by atoms with Gasteiger partial charge in [0.05, 0.1) is 13.7 Å². The summed E-state index contributed by atoms with van der Waals surface area (Å²) >= 11 is 3.42. The second-order valence-corrected chi connectivity index (χ2v) is 3.88. The van der Waals surface area contributed by atoms with E-state index in [9.17, 15) is 0 Å². The van der Waals surface area contributed by atoms with E-state index in [4.69, 9.17) is 9.47 Å². The predicted octanol–water partition coefficient (Wildman–Crippen LogP) is 3.77. The maximum absolute atomic E-state index is 5.67. The van der Waals surface area contributed by atoms with Gasteiger partial charge in [-0.1, -0.05) is 35.3 Å². The number of rotatable bonds is 6. The highest BCUT2D eigenvalue weighted by atomic mass is 79.9. The molecule has 1 rings (SSSR count). The van der Waals surface area contributed by atoms with Gasteiger partial charge in [-0.3, -0.25) is 0 Å². The van der Waals surface area contributed by atoms with E-state index in [1.807, 2.05) is 18.2 Å². The third-order valence-electron chi connectivity index (χ3n) is 2.14. The molecule has 0 aliphatic carbocycles. The smallest absolute Gasteiger partial charge is 0.161 e. The summed E-state index contributed by atoms with van der Waals surface area (Å²) in [5.41, 5.74) is 1.20. The average Bonchev–Trinajstić information content (AvgIpc) is 2.29. The number of unbranched alkanes of at least 4 members (excludes halogenated alkanes) is 1. The molecule has 0 unspecified atom stereocenters. The van der Waals surface area contributed by atoms with Crippen LogP contribution in [0.5, 0.6) is 11.5 Å². The van der Waals surface area contributed by atoms with Crippen LogP contribution in [-0.2, 0) is 5.33 Å². The molecule has 0 N–H and O–H groups in total. The molecule has 0 heterocycles. The molecule has 0 spiro atoms. The lowest BCUT2D eigenvalue weighted by atomic mass is 10.2. The molecule has 0 atom stereocenters. The molecule has 3 heteroatoms. The number of hydrogen-bond donors (Lipinski definition) is 0. The average molecular weight is 273 g/mol. The van der Waals surface area contributed by atoms with Crippen molar-refractivity contribution in [3.8, 4) is 11.5 Å². The number of halogens is 1. The van der Waals surface area contributed by atoms with Crippen molar-refractivity contribution >= 4 is 15.9 Å². The molecule has 0 aliphatic rings. The standard InChI is InChI=1S/C12H17BrO2/c1-3-4-7-15-12-8-10(9-13)5-6-11(12)14-2/h5-6,8H,3-4,7,9H2,1-2H3. The van der Waals surface area contributed by atoms with Crippen LogP contribution in [0.25, 0.3) is 0 Å². The summed E-state index contributed by atoms with van der Waals surface area (Å²) in [5, 5.41) is 0.834. The topological polar surface area (TPSA) is 18.5 Å². The van der Waals surface area contributed by atoms with E-state index in [2.05, 4.69) is 22.9 Å². The van der Waals surface area contributed by atoms with Crippen molar-refractivity contribution in [2.45, 2.75) is 25.1 Å². The Labute approximate surface area is 99.7 Å². The van der Waals surface area contributed by atoms with Crippen molar-refractivity contribution in [1.82, 2.24) is 0 Å². The minimum Gasteiger partial charge on any atom is -0.493 e. The molecule has 0 aliphatic heterocycles. The Bertz CT molecular complexity index is 300. The van der Waals surface area contributed by atoms with Gasteiger partial charge in [-0.25, -0.2) is 0 Å². The third kappa shape index (κ3) is 3.74. The van der Waals surface area contributed by atoms with E-state index >= 15 is 0 Å². The van der Waals surface area contributed by atoms with Gasteiger partial charge in [0, 0.05) is 5.33 Å². The fraction of sp³-hybridized carbons (Fsp3) is 0.500. The van der Waals surface area contributed by atoms with Crippen LogP contribution in [0.1, 0.15) is 25.3 Å². The van der Waals surface area contributed by atoms with Gasteiger partial charge in [0.25, 0.3) is 0 Å². The molecule has 0 amide bonds. The highest BCUT2D eigenvalue weighted by Crippen LogP contribution is 2.28. The summed E-state index contributed by atoms with van der Waals surface area (Å²) in [6, 6.07) is 5.99. The zero-order valence-electron chi connectivity index (χ0n) is 9.25. The fourth-order valence-electron chi connectivity index (χ4n) is 1.24. The molecular weight excluding hydrogens is 256 g/mol. The van der Waals surface area contributed by atoms with Crippen LogP contribution in [0.2, 0.25) is 0 Å². The van der Waals surface area contributed by atoms with E-state index < -0.39 is 0 Å². The predicted molar refractivity (Wildman–Crippen MR) is 66.0 cm³/mol. The summed E-state index contributed by atoms with van der Waals surface area (Å²) in [6.45, 7) is 2.90. The first-order valence-electron chi connectivity index (χ1n) is 5.17. The van der Waals surface area contributed by atoms with Crippen LogP contribution in [0.4, 0.5) is 0 Å². The molecule has 0 aromatic heterocycles. The molecule has 15 heavy (non-hydrogen) atoms. The molecular formula is C12H17BrO2. The normalized spacial score (nSPS) is 10.1. The lowest BCUT2D eigenvalue weighted by Gasteiger charge is -2.11. The van der Waals surface area contributed by atoms with Gasteiger partial charge in [-0.2, -0.15) is 0 Å². The van der Waals surface area contributed by atoms with Crippen LogP contribution < -0.4 is 9.47 Å². The van der Waals surface area contributed by atoms with Crippen molar-refractivity contribution in [3.05, 3.63) is 23.8 Å². The van der Waals surface area contributed by atoms with Gasteiger partial charge in [0.2, 0.25) is 0 Å². The maximum atomic E-state index is 5.67. The monoisotopic (exact) mass is 272 g/mol. The van der Waals surface area contributed by atoms with Crippen LogP contribution in [0.15, 0.2) is 18.2 Å². The SMILES string of the molecule is CCCCOc1cc(CBr)ccc1OC. The Balaban J connectivity index is 2.72. The molecule has 84 valence electrons. The molecule has 0 radical (unpaired) electrons. The van der Waals surface area contributed by atoms with E-state index in [1.54, 1.807) is 7.11 Å². The second-order valence-electron chi connectivity index (χ2n) is 3.32. The van der Waals surface area contributed by atoms with Crippen LogP contribution >= 0.6 is 15.9 Å². The summed E-state index contributed by atoms with van der Waals surface area (Å²) < 4.78 is 10.9. The van der Waals surface area contributed by atoms with E-state index in [1.165, 1.54) is 5.56 Å². The largest absolute Gasteiger partial charge is 0.493 e. The van der Waals surface area contributed by atoms with Crippen molar-refractivity contribution in [1.29, 1.82) is 0 Å². The molecule has 0 bridgehead atoms. The highest BCUT2D eigenvalue weighted by Gasteiger charge is 2.04. The van der Waals surface area contributed by atoms with Crippen molar-refractivity contribution < 1.29 is 9.47 Å². The van der Waals surface area contributed by atoms with Crippen LogP contribution in [0.3, 0.4) is 0 Å². The fourth-order valence-corrected chi connectivity index (χ4v) is 1.59. The summed E-state index contributed by atoms with van der Waals surface area (Å²) in [6.07, 6.45) is 2.21. The van der Waals surface area contributed by atoms with Gasteiger partial charge in [0.15, 0.2) is 11.5 Å². The highest BCUT2D eigenvalue weighted by molar-refractivity contribution is 9.08. The van der Waals surface area contributed by atoms with Gasteiger partial charge in [-0.15, -0.1) is 0 Å². The molecule has 0 saturated heterocycles. The Morgan fingerprint density at radius 1 is 1.27 bits per heavy atom. The van der Waals surface area contributed by atoms with Crippen molar-refractivity contribution in [3.63, 3.8) is 0 Å². The zero-order chi connectivity index (χ0) is 11.1. The Morgan fingerprint density at radius 2 is 2.07 bits per heavy atom. The van der Waals surface area contributed by atoms with Crippen LogP contribution in [-0.4, -0.2) is 13.7 Å². The number of alkyl halides is 1. The molecule has 0 saturated carbocycles. The quantitative estimate of drug-likeness (QED) is 0.580. The Kier molecular flexibility index (Phi) is 5.54. The second kappa shape index (κ2) is 6.72. The number of hydrogen-bond acceptors (Lipinski definition) is 2. The van der Waals surface area contributed by atoms with Gasteiger partial charge >= 0.3 is 0 Å². The minimum atomic E-state index is 0.749. The van der Waals surface area contributed by atoms with Gasteiger partial charge < -0.3 is 9.47 Å². The molecule has 2 nitrogen and oxygen atoms in total. The minimum absolute atomic E-state index is 0.749. The van der Waals surface area contributed by atoms with E-state index in [0.717, 1.165) is 36.3 Å². The van der Waals surface area contributed by atoms with Crippen molar-refractivity contribution in [2.75, 3.05) is 13.7 Å². The summed E-state index contributed by atoms with van der Waals surface area (Å²) in [7, 11) is 1.66. The first kappa shape index (κ1) is 12.4. The number of ether oxygens (including phenoxy) is 2. The Morgan fingerprint density at radius 3 is 2.67 bits per heavy atom. The molecule has 1 aromatic carbocycles. The zero-order valence-corrected chi connectivity index (χ0v) is 10.8. The Hall–Kier alpha value is -0.700. The lowest BCUT2D eigenvalue weighted by molar-refractivity contribution is 0.288. The third-order valence-corrected chi connectivity index (χ3v) is 2.79. The first-order valence-corrected chi connectivity index (χ1v) is 6.29. The number of methoxy groups -OCH3 is 1. The van der Waals surface area contributed by atoms with Gasteiger partial charge in [-0.05, 0) is 24.1 Å². The van der Waals surface area contributed by atoms with Crippen molar-refractivity contribution in [2.24, 2.45) is 0 Å². The number of benzene rings is 1. The lowest BCUT2D eigenvalue weighted by Crippen LogP contribution is -1.99. The molecule has 0 fully saturated rings. The first-order chi connectivity index (χ1) is 7.31. The van der Waals surface area contributed by atoms with Gasteiger partial charge in [0.1, 0.15) is 0 Å². The van der Waals surface area contributed by atoms with E-state index in [0.29, 0.717) is 0 Å². The summed E-state index contributed by atoms with van der Waals surface area (Å²) in [4.78, 5) is 0. The van der Waals surface area contributed by atoms with E-state index in [-0.39, 0.29) is 0 Å².